The minimum atomic E-state index is 0.00255. The van der Waals surface area contributed by atoms with Crippen molar-refractivity contribution in [3.63, 3.8) is 0 Å². The van der Waals surface area contributed by atoms with Crippen molar-refractivity contribution >= 4 is 6.03 Å². The molecule has 1 fully saturated rings. The summed E-state index contributed by atoms with van der Waals surface area (Å²) in [5, 5.41) is 2.70. The van der Waals surface area contributed by atoms with Gasteiger partial charge in [0.25, 0.3) is 0 Å². The van der Waals surface area contributed by atoms with Crippen molar-refractivity contribution in [1.29, 1.82) is 0 Å². The van der Waals surface area contributed by atoms with Gasteiger partial charge in [-0.05, 0) is 6.92 Å². The van der Waals surface area contributed by atoms with Gasteiger partial charge in [-0.1, -0.05) is 5.92 Å². The van der Waals surface area contributed by atoms with Crippen LogP contribution in [-0.2, 0) is 0 Å². The van der Waals surface area contributed by atoms with Gasteiger partial charge >= 0.3 is 6.03 Å². The van der Waals surface area contributed by atoms with Gasteiger partial charge in [0.1, 0.15) is 0 Å². The average molecular weight is 138 g/mol. The molecule has 0 aromatic heterocycles. The molecule has 0 aromatic carbocycles. The molecule has 54 valence electrons. The van der Waals surface area contributed by atoms with E-state index in [9.17, 15) is 4.79 Å². The molecule has 1 N–H and O–H groups in total. The lowest BCUT2D eigenvalue weighted by Gasteiger charge is -2.07. The monoisotopic (exact) mass is 138 g/mol. The molecular formula is C7H10N2O. The van der Waals surface area contributed by atoms with E-state index in [1.807, 2.05) is 0 Å². The van der Waals surface area contributed by atoms with Crippen LogP contribution in [0, 0.1) is 11.8 Å². The highest BCUT2D eigenvalue weighted by Crippen LogP contribution is 1.93. The Bertz CT molecular complexity index is 190. The first kappa shape index (κ1) is 6.94. The molecule has 1 aliphatic heterocycles. The second kappa shape index (κ2) is 3.11. The molecule has 10 heavy (non-hydrogen) atoms. The van der Waals surface area contributed by atoms with E-state index in [1.54, 1.807) is 11.8 Å². The van der Waals surface area contributed by atoms with Crippen molar-refractivity contribution in [1.82, 2.24) is 10.2 Å². The maximum atomic E-state index is 10.8. The summed E-state index contributed by atoms with van der Waals surface area (Å²) in [5.74, 6) is 5.58. The summed E-state index contributed by atoms with van der Waals surface area (Å²) in [6.07, 6.45) is 0. The first-order chi connectivity index (χ1) is 4.84. The Balaban J connectivity index is 2.38. The second-order valence-corrected chi connectivity index (χ2v) is 2.08. The first-order valence-corrected chi connectivity index (χ1v) is 3.27. The summed E-state index contributed by atoms with van der Waals surface area (Å²) in [4.78, 5) is 12.5. The highest BCUT2D eigenvalue weighted by molar-refractivity contribution is 5.76. The number of urea groups is 1. The molecule has 0 bridgehead atoms. The van der Waals surface area contributed by atoms with E-state index in [4.69, 9.17) is 0 Å². The molecule has 1 aliphatic rings. The minimum Gasteiger partial charge on any atom is -0.336 e. The lowest BCUT2D eigenvalue weighted by atomic mass is 10.5. The Labute approximate surface area is 60.4 Å². The van der Waals surface area contributed by atoms with E-state index in [2.05, 4.69) is 17.2 Å². The minimum absolute atomic E-state index is 0.00255. The summed E-state index contributed by atoms with van der Waals surface area (Å²) in [6.45, 7) is 3.87. The fourth-order valence-electron chi connectivity index (χ4n) is 0.836. The molecule has 0 atom stereocenters. The fraction of sp³-hybridized carbons (Fsp3) is 0.571. The third-order valence-corrected chi connectivity index (χ3v) is 1.39. The maximum Gasteiger partial charge on any atom is 0.318 e. The normalized spacial score (nSPS) is 16.1. The lowest BCUT2D eigenvalue weighted by Crippen LogP contribution is -2.28. The van der Waals surface area contributed by atoms with Crippen molar-refractivity contribution in [3.05, 3.63) is 0 Å². The van der Waals surface area contributed by atoms with E-state index in [1.165, 1.54) is 0 Å². The van der Waals surface area contributed by atoms with Crippen LogP contribution in [0.15, 0.2) is 0 Å². The predicted octanol–water partition coefficient (Wildman–Crippen LogP) is 0.0349. The Kier molecular flexibility index (Phi) is 2.16. The van der Waals surface area contributed by atoms with Crippen molar-refractivity contribution in [2.45, 2.75) is 6.92 Å². The quantitative estimate of drug-likeness (QED) is 0.509. The predicted molar refractivity (Wildman–Crippen MR) is 38.4 cm³/mol. The van der Waals surface area contributed by atoms with Gasteiger partial charge < -0.3 is 10.2 Å². The summed E-state index contributed by atoms with van der Waals surface area (Å²) < 4.78 is 0. The zero-order valence-corrected chi connectivity index (χ0v) is 5.98. The van der Waals surface area contributed by atoms with Gasteiger partial charge in [0.2, 0.25) is 0 Å². The van der Waals surface area contributed by atoms with E-state index in [0.717, 1.165) is 13.1 Å². The zero-order chi connectivity index (χ0) is 7.40. The standard InChI is InChI=1S/C7H10N2O/c1-2-3-5-9-6-4-8-7(9)10/h4-6H2,1H3,(H,8,10). The van der Waals surface area contributed by atoms with Crippen molar-refractivity contribution in [3.8, 4) is 11.8 Å². The summed E-state index contributed by atoms with van der Waals surface area (Å²) in [5.41, 5.74) is 0. The van der Waals surface area contributed by atoms with Crippen molar-refractivity contribution in [2.24, 2.45) is 0 Å². The van der Waals surface area contributed by atoms with Crippen LogP contribution in [0.4, 0.5) is 4.79 Å². The number of carbonyl (C=O) groups is 1. The van der Waals surface area contributed by atoms with E-state index >= 15 is 0 Å². The van der Waals surface area contributed by atoms with Gasteiger partial charge in [-0.3, -0.25) is 0 Å². The van der Waals surface area contributed by atoms with Gasteiger partial charge in [0, 0.05) is 13.1 Å². The van der Waals surface area contributed by atoms with Gasteiger partial charge in [0.05, 0.1) is 6.54 Å². The first-order valence-electron chi connectivity index (χ1n) is 3.27. The Morgan fingerprint density at radius 1 is 1.80 bits per heavy atom. The molecule has 1 rings (SSSR count). The highest BCUT2D eigenvalue weighted by Gasteiger charge is 2.17. The van der Waals surface area contributed by atoms with E-state index < -0.39 is 0 Å². The lowest BCUT2D eigenvalue weighted by molar-refractivity contribution is 0.222. The van der Waals surface area contributed by atoms with Crippen LogP contribution in [0.25, 0.3) is 0 Å². The molecule has 2 amide bonds. The van der Waals surface area contributed by atoms with Crippen molar-refractivity contribution in [2.75, 3.05) is 19.6 Å². The van der Waals surface area contributed by atoms with E-state index in [0.29, 0.717) is 6.54 Å². The number of hydrogen-bond acceptors (Lipinski definition) is 1. The molecule has 0 saturated carbocycles. The van der Waals surface area contributed by atoms with Gasteiger partial charge in [0.15, 0.2) is 0 Å². The molecular weight excluding hydrogens is 128 g/mol. The molecule has 0 spiro atoms. The summed E-state index contributed by atoms with van der Waals surface area (Å²) >= 11 is 0. The van der Waals surface area contributed by atoms with Gasteiger partial charge in [-0.2, -0.15) is 0 Å². The Morgan fingerprint density at radius 3 is 3.10 bits per heavy atom. The smallest absolute Gasteiger partial charge is 0.318 e. The summed E-state index contributed by atoms with van der Waals surface area (Å²) in [6, 6.07) is 0.00255. The molecule has 0 radical (unpaired) electrons. The summed E-state index contributed by atoms with van der Waals surface area (Å²) in [7, 11) is 0. The largest absolute Gasteiger partial charge is 0.336 e. The SMILES string of the molecule is CC#CCN1CCNC1=O. The maximum absolute atomic E-state index is 10.8. The van der Waals surface area contributed by atoms with Crippen LogP contribution in [0.1, 0.15) is 6.92 Å². The van der Waals surface area contributed by atoms with Gasteiger partial charge in [-0.25, -0.2) is 4.79 Å². The van der Waals surface area contributed by atoms with Crippen LogP contribution in [0.5, 0.6) is 0 Å². The molecule has 1 saturated heterocycles. The average Bonchev–Trinajstić information content (AvgIpc) is 2.31. The molecule has 1 heterocycles. The number of nitrogens with one attached hydrogen (secondary N) is 1. The van der Waals surface area contributed by atoms with Crippen LogP contribution in [-0.4, -0.2) is 30.6 Å². The molecule has 3 heteroatoms. The number of rotatable bonds is 1. The molecule has 3 nitrogen and oxygen atoms in total. The fourth-order valence-corrected chi connectivity index (χ4v) is 0.836. The van der Waals surface area contributed by atoms with Crippen LogP contribution < -0.4 is 5.32 Å². The third-order valence-electron chi connectivity index (χ3n) is 1.39. The van der Waals surface area contributed by atoms with Crippen LogP contribution in [0.3, 0.4) is 0 Å². The number of nitrogens with zero attached hydrogens (tertiary/aromatic N) is 1. The third kappa shape index (κ3) is 1.41. The van der Waals surface area contributed by atoms with Crippen molar-refractivity contribution < 1.29 is 4.79 Å². The van der Waals surface area contributed by atoms with E-state index in [-0.39, 0.29) is 6.03 Å². The molecule has 0 aromatic rings. The molecule has 0 aliphatic carbocycles. The van der Waals surface area contributed by atoms with Crippen LogP contribution >= 0.6 is 0 Å². The zero-order valence-electron chi connectivity index (χ0n) is 5.98. The number of amides is 2. The van der Waals surface area contributed by atoms with Crippen LogP contribution in [0.2, 0.25) is 0 Å². The Morgan fingerprint density at radius 2 is 2.60 bits per heavy atom. The van der Waals surface area contributed by atoms with Gasteiger partial charge in [-0.15, -0.1) is 5.92 Å². The number of hydrogen-bond donors (Lipinski definition) is 1. The highest BCUT2D eigenvalue weighted by atomic mass is 16.2. The second-order valence-electron chi connectivity index (χ2n) is 2.08. The number of carbonyl (C=O) groups excluding carboxylic acids is 1. The Hall–Kier alpha value is -1.17. The topological polar surface area (TPSA) is 32.3 Å². The molecule has 0 unspecified atom stereocenters.